The van der Waals surface area contributed by atoms with Gasteiger partial charge in [0.1, 0.15) is 0 Å². The number of carbonyl (C=O) groups is 2. The molecule has 98 valence electrons. The monoisotopic (exact) mass is 280 g/mol. The number of nitrogens with one attached hydrogen (secondary N) is 1. The van der Waals surface area contributed by atoms with E-state index >= 15 is 0 Å². The first-order chi connectivity index (χ1) is 8.99. The number of amides is 1. The molecule has 7 heteroatoms. The van der Waals surface area contributed by atoms with E-state index in [1.54, 1.807) is 0 Å². The minimum absolute atomic E-state index is 0.0674. The van der Waals surface area contributed by atoms with Crippen LogP contribution in [0.1, 0.15) is 20.7 Å². The summed E-state index contributed by atoms with van der Waals surface area (Å²) in [5.74, 6) is -1.75. The minimum atomic E-state index is -1.17. The van der Waals surface area contributed by atoms with Crippen molar-refractivity contribution in [2.45, 2.75) is 0 Å². The number of carboxylic acids is 1. The maximum absolute atomic E-state index is 11.9. The first-order valence-electron chi connectivity index (χ1n) is 5.16. The highest BCUT2D eigenvalue weighted by Crippen LogP contribution is 2.22. The number of benzene rings is 1. The molecule has 2 aromatic rings. The summed E-state index contributed by atoms with van der Waals surface area (Å²) in [6.45, 7) is 0. The average Bonchev–Trinajstić information content (AvgIpc) is 2.75. The van der Waals surface area contributed by atoms with Gasteiger partial charge in [-0.1, -0.05) is 0 Å². The molecule has 1 aromatic carbocycles. The van der Waals surface area contributed by atoms with Gasteiger partial charge in [-0.05, 0) is 35.9 Å². The van der Waals surface area contributed by atoms with Crippen molar-refractivity contribution in [3.8, 4) is 0 Å². The van der Waals surface area contributed by atoms with Crippen molar-refractivity contribution in [2.24, 2.45) is 0 Å². The Kier molecular flexibility index (Phi) is 3.43. The fourth-order valence-electron chi connectivity index (χ4n) is 1.50. The predicted molar refractivity (Wildman–Crippen MR) is 69.5 cm³/mol. The maximum Gasteiger partial charge on any atom is 0.337 e. The lowest BCUT2D eigenvalue weighted by molar-refractivity contribution is 0.0698. The molecule has 1 heterocycles. The normalized spacial score (nSPS) is 10.2. The van der Waals surface area contributed by atoms with Gasteiger partial charge in [-0.2, -0.15) is 0 Å². The van der Waals surface area contributed by atoms with E-state index in [4.69, 9.17) is 26.9 Å². The molecule has 2 rings (SSSR count). The Labute approximate surface area is 112 Å². The number of hydrogen-bond acceptors (Lipinski definition) is 4. The van der Waals surface area contributed by atoms with Crippen LogP contribution in [0.5, 0.6) is 0 Å². The van der Waals surface area contributed by atoms with Crippen molar-refractivity contribution in [1.82, 2.24) is 0 Å². The van der Waals surface area contributed by atoms with Gasteiger partial charge in [-0.15, -0.1) is 0 Å². The zero-order chi connectivity index (χ0) is 14.0. The molecule has 0 atom stereocenters. The van der Waals surface area contributed by atoms with Gasteiger partial charge in [-0.25, -0.2) is 4.79 Å². The van der Waals surface area contributed by atoms with Gasteiger partial charge in [0.25, 0.3) is 5.91 Å². The Morgan fingerprint density at radius 3 is 2.58 bits per heavy atom. The SMILES string of the molecule is Nc1ccc(C(=O)O)c(NC(=O)c2ccoc2Cl)c1. The Morgan fingerprint density at radius 2 is 2.00 bits per heavy atom. The molecule has 0 unspecified atom stereocenters. The Hall–Kier alpha value is -2.47. The fraction of sp³-hybridized carbons (Fsp3) is 0. The van der Waals surface area contributed by atoms with Gasteiger partial charge in [0.15, 0.2) is 0 Å². The molecule has 0 saturated heterocycles. The van der Waals surface area contributed by atoms with E-state index in [9.17, 15) is 9.59 Å². The molecule has 0 radical (unpaired) electrons. The summed E-state index contributed by atoms with van der Waals surface area (Å²) in [4.78, 5) is 22.9. The van der Waals surface area contributed by atoms with Crippen LogP contribution in [0, 0.1) is 0 Å². The highest BCUT2D eigenvalue weighted by Gasteiger charge is 2.17. The number of nitrogen functional groups attached to an aromatic ring is 1. The van der Waals surface area contributed by atoms with Gasteiger partial charge in [-0.3, -0.25) is 4.79 Å². The molecule has 4 N–H and O–H groups in total. The first kappa shape index (κ1) is 13.0. The number of hydrogen-bond donors (Lipinski definition) is 3. The summed E-state index contributed by atoms with van der Waals surface area (Å²) in [5.41, 5.74) is 6.03. The largest absolute Gasteiger partial charge is 0.478 e. The third-order valence-electron chi connectivity index (χ3n) is 2.38. The molecule has 1 amide bonds. The molecule has 0 aliphatic carbocycles. The number of anilines is 2. The van der Waals surface area contributed by atoms with Crippen LogP contribution in [-0.4, -0.2) is 17.0 Å². The number of carboxylic acid groups (broad SMARTS) is 1. The molecular formula is C12H9ClN2O4. The van der Waals surface area contributed by atoms with Crippen LogP contribution in [0.15, 0.2) is 34.9 Å². The molecule has 0 saturated carbocycles. The zero-order valence-corrected chi connectivity index (χ0v) is 10.3. The zero-order valence-electron chi connectivity index (χ0n) is 9.51. The number of nitrogens with two attached hydrogens (primary N) is 1. The number of aromatic carboxylic acids is 1. The quantitative estimate of drug-likeness (QED) is 0.749. The molecule has 0 fully saturated rings. The summed E-state index contributed by atoms with van der Waals surface area (Å²) in [6, 6.07) is 5.48. The highest BCUT2D eigenvalue weighted by atomic mass is 35.5. The summed E-state index contributed by atoms with van der Waals surface area (Å²) in [7, 11) is 0. The number of furan rings is 1. The van der Waals surface area contributed by atoms with Crippen LogP contribution in [0.2, 0.25) is 5.22 Å². The van der Waals surface area contributed by atoms with Crippen LogP contribution in [0.4, 0.5) is 11.4 Å². The lowest BCUT2D eigenvalue weighted by atomic mass is 10.1. The topological polar surface area (TPSA) is 106 Å². The Balaban J connectivity index is 2.33. The van der Waals surface area contributed by atoms with E-state index in [1.807, 2.05) is 0 Å². The van der Waals surface area contributed by atoms with E-state index in [2.05, 4.69) is 5.32 Å². The lowest BCUT2D eigenvalue weighted by Gasteiger charge is -2.08. The maximum atomic E-state index is 11.9. The fourth-order valence-corrected chi connectivity index (χ4v) is 1.70. The standard InChI is InChI=1S/C12H9ClN2O4/c13-10-8(3-4-19-10)11(16)15-9-5-6(14)1-2-7(9)12(17)18/h1-5H,14H2,(H,15,16)(H,17,18). The van der Waals surface area contributed by atoms with Crippen molar-refractivity contribution in [3.05, 3.63) is 46.9 Å². The van der Waals surface area contributed by atoms with Gasteiger partial charge >= 0.3 is 5.97 Å². The molecule has 0 spiro atoms. The van der Waals surface area contributed by atoms with Crippen LogP contribution in [-0.2, 0) is 0 Å². The van der Waals surface area contributed by atoms with Crippen molar-refractivity contribution in [1.29, 1.82) is 0 Å². The van der Waals surface area contributed by atoms with Crippen molar-refractivity contribution in [3.63, 3.8) is 0 Å². The lowest BCUT2D eigenvalue weighted by Crippen LogP contribution is -2.14. The molecule has 1 aromatic heterocycles. The summed E-state index contributed by atoms with van der Waals surface area (Å²) >= 11 is 5.67. The minimum Gasteiger partial charge on any atom is -0.478 e. The van der Waals surface area contributed by atoms with Crippen molar-refractivity contribution >= 4 is 34.9 Å². The number of rotatable bonds is 3. The summed E-state index contributed by atoms with van der Waals surface area (Å²) in [5, 5.41) is 11.4. The second-order valence-corrected chi connectivity index (χ2v) is 4.02. The second-order valence-electron chi connectivity index (χ2n) is 3.67. The van der Waals surface area contributed by atoms with Crippen molar-refractivity contribution in [2.75, 3.05) is 11.1 Å². The molecule has 19 heavy (non-hydrogen) atoms. The number of carbonyl (C=O) groups excluding carboxylic acids is 1. The average molecular weight is 281 g/mol. The summed E-state index contributed by atoms with van der Waals surface area (Å²) in [6.07, 6.45) is 1.26. The third kappa shape index (κ3) is 2.69. The number of halogens is 1. The van der Waals surface area contributed by atoms with Crippen molar-refractivity contribution < 1.29 is 19.1 Å². The van der Waals surface area contributed by atoms with E-state index in [-0.39, 0.29) is 22.0 Å². The Morgan fingerprint density at radius 1 is 1.26 bits per heavy atom. The van der Waals surface area contributed by atoms with Gasteiger partial charge in [0.05, 0.1) is 23.1 Å². The molecule has 0 aliphatic heterocycles. The predicted octanol–water partition coefficient (Wildman–Crippen LogP) is 2.47. The van der Waals surface area contributed by atoms with Gasteiger partial charge < -0.3 is 20.6 Å². The van der Waals surface area contributed by atoms with Crippen LogP contribution in [0.25, 0.3) is 0 Å². The van der Waals surface area contributed by atoms with Crippen LogP contribution >= 0.6 is 11.6 Å². The molecule has 6 nitrogen and oxygen atoms in total. The van der Waals surface area contributed by atoms with E-state index in [0.717, 1.165) is 0 Å². The van der Waals surface area contributed by atoms with E-state index in [1.165, 1.54) is 30.5 Å². The smallest absolute Gasteiger partial charge is 0.337 e. The van der Waals surface area contributed by atoms with E-state index < -0.39 is 11.9 Å². The first-order valence-corrected chi connectivity index (χ1v) is 5.54. The van der Waals surface area contributed by atoms with Gasteiger partial charge in [0.2, 0.25) is 5.22 Å². The molecule has 0 aliphatic rings. The molecular weight excluding hydrogens is 272 g/mol. The molecule has 0 bridgehead atoms. The third-order valence-corrected chi connectivity index (χ3v) is 2.68. The Bertz CT molecular complexity index is 651. The van der Waals surface area contributed by atoms with E-state index in [0.29, 0.717) is 5.69 Å². The second kappa shape index (κ2) is 5.03. The van der Waals surface area contributed by atoms with Crippen LogP contribution in [0.3, 0.4) is 0 Å². The highest BCUT2D eigenvalue weighted by molar-refractivity contribution is 6.32. The van der Waals surface area contributed by atoms with Gasteiger partial charge in [0, 0.05) is 5.69 Å². The summed E-state index contributed by atoms with van der Waals surface area (Å²) < 4.78 is 4.79. The van der Waals surface area contributed by atoms with Crippen LogP contribution < -0.4 is 11.1 Å².